The van der Waals surface area contributed by atoms with Gasteiger partial charge in [0.25, 0.3) is 0 Å². The second-order valence-electron chi connectivity index (χ2n) is 11.0. The second kappa shape index (κ2) is 11.0. The molecule has 38 heavy (non-hydrogen) atoms. The van der Waals surface area contributed by atoms with Gasteiger partial charge in [-0.25, -0.2) is 4.79 Å². The molecule has 1 saturated carbocycles. The molecule has 1 N–H and O–H groups in total. The van der Waals surface area contributed by atoms with Gasteiger partial charge in [0.1, 0.15) is 17.6 Å². The van der Waals surface area contributed by atoms with E-state index in [1.807, 2.05) is 26.0 Å². The molecule has 3 aromatic rings. The van der Waals surface area contributed by atoms with Crippen LogP contribution in [-0.2, 0) is 22.4 Å². The summed E-state index contributed by atoms with van der Waals surface area (Å²) in [5.74, 6) is 2.15. The van der Waals surface area contributed by atoms with Gasteiger partial charge in [0.2, 0.25) is 0 Å². The maximum absolute atomic E-state index is 13.2. The molecule has 1 aliphatic heterocycles. The lowest BCUT2D eigenvalue weighted by molar-refractivity contribution is -0.0817. The lowest BCUT2D eigenvalue weighted by Gasteiger charge is -2.41. The molecule has 4 atom stereocenters. The number of aromatic amines is 1. The van der Waals surface area contributed by atoms with Crippen molar-refractivity contribution in [1.29, 1.82) is 0 Å². The molecule has 0 radical (unpaired) electrons. The quantitative estimate of drug-likeness (QED) is 0.418. The van der Waals surface area contributed by atoms with Crippen LogP contribution in [0.5, 0.6) is 11.5 Å². The van der Waals surface area contributed by atoms with E-state index in [2.05, 4.69) is 28.9 Å². The molecule has 1 aromatic heterocycles. The van der Waals surface area contributed by atoms with Crippen molar-refractivity contribution in [3.8, 4) is 11.5 Å². The summed E-state index contributed by atoms with van der Waals surface area (Å²) >= 11 is 0. The molecule has 7 heteroatoms. The predicted molar refractivity (Wildman–Crippen MR) is 148 cm³/mol. The molecule has 0 amide bonds. The zero-order chi connectivity index (χ0) is 27.0. The summed E-state index contributed by atoms with van der Waals surface area (Å²) < 4.78 is 22.8. The van der Waals surface area contributed by atoms with E-state index >= 15 is 0 Å². The number of nitrogens with one attached hydrogen (secondary N) is 1. The van der Waals surface area contributed by atoms with Gasteiger partial charge in [0.05, 0.1) is 25.9 Å². The van der Waals surface area contributed by atoms with Crippen molar-refractivity contribution in [3.05, 3.63) is 58.3 Å². The number of aryl methyl sites for hydroxylation is 1. The summed E-state index contributed by atoms with van der Waals surface area (Å²) in [7, 11) is 5.05. The van der Waals surface area contributed by atoms with Crippen molar-refractivity contribution in [2.24, 2.45) is 11.8 Å². The van der Waals surface area contributed by atoms with E-state index in [1.54, 1.807) is 27.4 Å². The number of esters is 1. The first-order valence-corrected chi connectivity index (χ1v) is 13.6. The Labute approximate surface area is 225 Å². The maximum atomic E-state index is 13.2. The SMILES string of the molecule is COc1ccc2c3c([nH]c2c1)CN(C[C@H]1C[C@@H](OC(=O)c2cc(C)c(C)c(OC)c2)[C@H](OC)C[C@H]1C)CC3. The highest BCUT2D eigenvalue weighted by atomic mass is 16.6. The minimum atomic E-state index is -0.317. The van der Waals surface area contributed by atoms with E-state index < -0.39 is 0 Å². The number of aromatic nitrogens is 1. The number of carbonyl (C=O) groups excluding carboxylic acids is 1. The Hall–Kier alpha value is -3.03. The van der Waals surface area contributed by atoms with Gasteiger partial charge in [-0.15, -0.1) is 0 Å². The average molecular weight is 521 g/mol. The van der Waals surface area contributed by atoms with Crippen LogP contribution in [0.4, 0.5) is 0 Å². The Morgan fingerprint density at radius 2 is 1.87 bits per heavy atom. The fourth-order valence-corrected chi connectivity index (χ4v) is 6.28. The van der Waals surface area contributed by atoms with Crippen LogP contribution in [0.2, 0.25) is 0 Å². The molecule has 2 aliphatic rings. The van der Waals surface area contributed by atoms with E-state index in [0.29, 0.717) is 23.1 Å². The number of rotatable bonds is 7. The van der Waals surface area contributed by atoms with E-state index in [9.17, 15) is 4.79 Å². The van der Waals surface area contributed by atoms with Crippen molar-refractivity contribution in [3.63, 3.8) is 0 Å². The summed E-state index contributed by atoms with van der Waals surface area (Å²) in [5, 5.41) is 1.30. The molecule has 1 fully saturated rings. The molecule has 7 nitrogen and oxygen atoms in total. The monoisotopic (exact) mass is 520 g/mol. The highest BCUT2D eigenvalue weighted by Crippen LogP contribution is 2.36. The van der Waals surface area contributed by atoms with Crippen molar-refractivity contribution < 1.29 is 23.7 Å². The van der Waals surface area contributed by atoms with Gasteiger partial charge in [-0.1, -0.05) is 6.92 Å². The summed E-state index contributed by atoms with van der Waals surface area (Å²) in [6, 6.07) is 9.94. The Balaban J connectivity index is 1.28. The van der Waals surface area contributed by atoms with Crippen molar-refractivity contribution in [2.45, 2.75) is 58.8 Å². The number of ether oxygens (including phenoxy) is 4. The van der Waals surface area contributed by atoms with Crippen LogP contribution >= 0.6 is 0 Å². The topological polar surface area (TPSA) is 73.0 Å². The van der Waals surface area contributed by atoms with Crippen LogP contribution in [-0.4, -0.2) is 62.5 Å². The van der Waals surface area contributed by atoms with Gasteiger partial charge < -0.3 is 23.9 Å². The van der Waals surface area contributed by atoms with Crippen LogP contribution < -0.4 is 9.47 Å². The van der Waals surface area contributed by atoms with Gasteiger partial charge in [0, 0.05) is 49.4 Å². The molecular weight excluding hydrogens is 480 g/mol. The lowest BCUT2D eigenvalue weighted by atomic mass is 9.76. The third kappa shape index (κ3) is 5.14. The zero-order valence-corrected chi connectivity index (χ0v) is 23.4. The number of methoxy groups -OCH3 is 3. The average Bonchev–Trinajstić information content (AvgIpc) is 3.28. The molecule has 2 aromatic carbocycles. The lowest BCUT2D eigenvalue weighted by Crippen LogP contribution is -2.46. The smallest absolute Gasteiger partial charge is 0.338 e. The molecule has 0 spiro atoms. The van der Waals surface area contributed by atoms with Gasteiger partial charge in [-0.2, -0.15) is 0 Å². The largest absolute Gasteiger partial charge is 0.497 e. The second-order valence-corrected chi connectivity index (χ2v) is 11.0. The maximum Gasteiger partial charge on any atom is 0.338 e. The number of carbonyl (C=O) groups is 1. The Kier molecular flexibility index (Phi) is 7.68. The fourth-order valence-electron chi connectivity index (χ4n) is 6.28. The van der Waals surface area contributed by atoms with Gasteiger partial charge in [0.15, 0.2) is 0 Å². The van der Waals surface area contributed by atoms with E-state index in [1.165, 1.54) is 16.6 Å². The van der Waals surface area contributed by atoms with E-state index in [-0.39, 0.29) is 18.2 Å². The third-order valence-electron chi connectivity index (χ3n) is 8.75. The van der Waals surface area contributed by atoms with Gasteiger partial charge >= 0.3 is 5.97 Å². The van der Waals surface area contributed by atoms with Crippen LogP contribution in [0.3, 0.4) is 0 Å². The van der Waals surface area contributed by atoms with Crippen molar-refractivity contribution in [1.82, 2.24) is 9.88 Å². The standard InChI is InChI=1S/C31H40N2O5/c1-18-11-21(13-28(36-5)20(18)3)31(34)38-30-14-22(19(2)12-29(30)37-6)16-33-10-9-25-24-8-7-23(35-4)15-26(24)32-27(25)17-33/h7-8,11,13,15,19,22,29-30,32H,9-10,12,14,16-17H2,1-6H3/t19-,22-,29-,30-/m1/s1. The number of benzene rings is 2. The Bertz CT molecular complexity index is 1320. The third-order valence-corrected chi connectivity index (χ3v) is 8.75. The number of fused-ring (bicyclic) bond motifs is 3. The van der Waals surface area contributed by atoms with Crippen molar-refractivity contribution in [2.75, 3.05) is 34.4 Å². The predicted octanol–water partition coefficient (Wildman–Crippen LogP) is 5.45. The molecule has 204 valence electrons. The molecular formula is C31H40N2O5. The Morgan fingerprint density at radius 3 is 2.61 bits per heavy atom. The van der Waals surface area contributed by atoms with Crippen LogP contribution in [0.1, 0.15) is 52.5 Å². The fraction of sp³-hybridized carbons (Fsp3) is 0.516. The summed E-state index contributed by atoms with van der Waals surface area (Å²) in [4.78, 5) is 19.4. The number of H-pyrrole nitrogens is 1. The molecule has 0 bridgehead atoms. The first kappa shape index (κ1) is 26.6. The van der Waals surface area contributed by atoms with Crippen molar-refractivity contribution >= 4 is 16.9 Å². The molecule has 0 saturated heterocycles. The van der Waals surface area contributed by atoms with E-state index in [4.69, 9.17) is 18.9 Å². The number of hydrogen-bond acceptors (Lipinski definition) is 6. The highest BCUT2D eigenvalue weighted by Gasteiger charge is 2.39. The molecule has 5 rings (SSSR count). The number of nitrogens with zero attached hydrogens (tertiary/aromatic N) is 1. The minimum Gasteiger partial charge on any atom is -0.497 e. The van der Waals surface area contributed by atoms with Crippen LogP contribution in [0, 0.1) is 25.7 Å². The molecule has 1 aliphatic carbocycles. The summed E-state index contributed by atoms with van der Waals surface area (Å²) in [5.41, 5.74) is 6.42. The molecule has 0 unspecified atom stereocenters. The van der Waals surface area contributed by atoms with E-state index in [0.717, 1.165) is 61.3 Å². The van der Waals surface area contributed by atoms with Gasteiger partial charge in [-0.05, 0) is 85.9 Å². The molecule has 2 heterocycles. The van der Waals surface area contributed by atoms with Gasteiger partial charge in [-0.3, -0.25) is 4.90 Å². The summed E-state index contributed by atoms with van der Waals surface area (Å²) in [6.45, 7) is 9.17. The summed E-state index contributed by atoms with van der Waals surface area (Å²) in [6.07, 6.45) is 2.31. The van der Waals surface area contributed by atoms with Crippen LogP contribution in [0.25, 0.3) is 10.9 Å². The number of hydrogen-bond donors (Lipinski definition) is 1. The zero-order valence-electron chi connectivity index (χ0n) is 23.4. The highest BCUT2D eigenvalue weighted by molar-refractivity contribution is 5.90. The Morgan fingerprint density at radius 1 is 1.05 bits per heavy atom. The normalized spacial score (nSPS) is 23.7. The van der Waals surface area contributed by atoms with Crippen LogP contribution in [0.15, 0.2) is 30.3 Å². The minimum absolute atomic E-state index is 0.102. The first-order valence-electron chi connectivity index (χ1n) is 13.6. The first-order chi connectivity index (χ1) is 18.3.